The standard InChI is InChI=1S/C27H28N6O2S2/c1-32(25-11-10-21(16-26(25)35-19-34)36-31-27-29-18-30-37-27)17-20-6-2-3-7-22(20)23-8-4-5-9-24(23)33-14-12-28-13-15-33/h2-11,16,18-19,28H,12-15,17H2,1H3,(H,29,30,31). The fourth-order valence-corrected chi connectivity index (χ4v) is 5.61. The Bertz CT molecular complexity index is 1330. The van der Waals surface area contributed by atoms with Gasteiger partial charge in [-0.25, -0.2) is 4.98 Å². The summed E-state index contributed by atoms with van der Waals surface area (Å²) >= 11 is 2.67. The second-order valence-corrected chi connectivity index (χ2v) is 10.2. The SMILES string of the molecule is CN(Cc1ccccc1-c1ccccc1N1CCNCC1)c1ccc(SNc2ncns2)cc1OC=O. The van der Waals surface area contributed by atoms with Crippen LogP contribution < -0.4 is 24.6 Å². The largest absolute Gasteiger partial charge is 0.426 e. The van der Waals surface area contributed by atoms with Crippen molar-refractivity contribution in [2.75, 3.05) is 47.7 Å². The molecule has 5 rings (SSSR count). The van der Waals surface area contributed by atoms with E-state index in [2.05, 4.69) is 77.7 Å². The average molecular weight is 533 g/mol. The number of carbonyl (C=O) groups is 1. The van der Waals surface area contributed by atoms with Crippen LogP contribution in [0, 0.1) is 0 Å². The van der Waals surface area contributed by atoms with E-state index in [4.69, 9.17) is 4.74 Å². The highest BCUT2D eigenvalue weighted by molar-refractivity contribution is 8.00. The lowest BCUT2D eigenvalue weighted by molar-refractivity contribution is -0.120. The van der Waals surface area contributed by atoms with Crippen molar-refractivity contribution >= 4 is 46.5 Å². The maximum atomic E-state index is 11.3. The molecule has 0 bridgehead atoms. The molecular formula is C27H28N6O2S2. The summed E-state index contributed by atoms with van der Waals surface area (Å²) in [7, 11) is 2.01. The smallest absolute Gasteiger partial charge is 0.298 e. The van der Waals surface area contributed by atoms with Gasteiger partial charge in [0.15, 0.2) is 5.75 Å². The highest BCUT2D eigenvalue weighted by atomic mass is 32.2. The van der Waals surface area contributed by atoms with Gasteiger partial charge in [0.1, 0.15) is 6.33 Å². The monoisotopic (exact) mass is 532 g/mol. The third-order valence-corrected chi connectivity index (χ3v) is 7.71. The van der Waals surface area contributed by atoms with Crippen LogP contribution in [0.25, 0.3) is 11.1 Å². The molecule has 0 spiro atoms. The maximum Gasteiger partial charge on any atom is 0.298 e. The van der Waals surface area contributed by atoms with Crippen LogP contribution in [-0.2, 0) is 11.3 Å². The topological polar surface area (TPSA) is 82.6 Å². The lowest BCUT2D eigenvalue weighted by Gasteiger charge is -2.32. The first kappa shape index (κ1) is 25.1. The first-order valence-corrected chi connectivity index (χ1v) is 13.6. The Balaban J connectivity index is 1.39. The van der Waals surface area contributed by atoms with E-state index in [9.17, 15) is 4.79 Å². The molecular weight excluding hydrogens is 504 g/mol. The van der Waals surface area contributed by atoms with E-state index < -0.39 is 0 Å². The number of aromatic nitrogens is 2. The first-order valence-electron chi connectivity index (χ1n) is 12.0. The van der Waals surface area contributed by atoms with E-state index in [-0.39, 0.29) is 0 Å². The van der Waals surface area contributed by atoms with Crippen LogP contribution in [0.5, 0.6) is 5.75 Å². The Kier molecular flexibility index (Phi) is 8.19. The number of para-hydroxylation sites is 1. The number of hydrogen-bond donors (Lipinski definition) is 2. The fraction of sp³-hybridized carbons (Fsp3) is 0.222. The predicted molar refractivity (Wildman–Crippen MR) is 152 cm³/mol. The van der Waals surface area contributed by atoms with Gasteiger partial charge in [-0.1, -0.05) is 42.5 Å². The van der Waals surface area contributed by atoms with E-state index in [0.717, 1.165) is 36.8 Å². The highest BCUT2D eigenvalue weighted by Crippen LogP contribution is 2.37. The summed E-state index contributed by atoms with van der Waals surface area (Å²) < 4.78 is 12.5. The summed E-state index contributed by atoms with van der Waals surface area (Å²) in [5, 5.41) is 4.15. The molecule has 0 amide bonds. The van der Waals surface area contributed by atoms with Crippen molar-refractivity contribution in [3.05, 3.63) is 78.6 Å². The van der Waals surface area contributed by atoms with Crippen molar-refractivity contribution < 1.29 is 9.53 Å². The van der Waals surface area contributed by atoms with Crippen molar-refractivity contribution in [2.24, 2.45) is 0 Å². The second kappa shape index (κ2) is 12.1. The summed E-state index contributed by atoms with van der Waals surface area (Å²) in [4.78, 5) is 20.9. The lowest BCUT2D eigenvalue weighted by Crippen LogP contribution is -2.43. The summed E-state index contributed by atoms with van der Waals surface area (Å²) in [5.74, 6) is 0.500. The van der Waals surface area contributed by atoms with Crippen molar-refractivity contribution in [3.8, 4) is 16.9 Å². The minimum absolute atomic E-state index is 0.469. The lowest BCUT2D eigenvalue weighted by atomic mass is 9.97. The Morgan fingerprint density at radius 2 is 1.89 bits per heavy atom. The maximum absolute atomic E-state index is 11.3. The van der Waals surface area contributed by atoms with E-state index in [1.54, 1.807) is 0 Å². The van der Waals surface area contributed by atoms with E-state index in [1.807, 2.05) is 25.2 Å². The molecule has 0 aliphatic carbocycles. The van der Waals surface area contributed by atoms with Crippen molar-refractivity contribution in [3.63, 3.8) is 0 Å². The van der Waals surface area contributed by atoms with Crippen LogP contribution in [0.1, 0.15) is 5.56 Å². The number of nitrogens with one attached hydrogen (secondary N) is 2. The Labute approximate surface area is 225 Å². The molecule has 1 aliphatic rings. The van der Waals surface area contributed by atoms with Gasteiger partial charge in [-0.15, -0.1) is 0 Å². The van der Waals surface area contributed by atoms with Gasteiger partial charge >= 0.3 is 0 Å². The number of nitrogens with zero attached hydrogens (tertiary/aromatic N) is 4. The van der Waals surface area contributed by atoms with E-state index in [0.29, 0.717) is 23.9 Å². The molecule has 2 heterocycles. The zero-order chi connectivity index (χ0) is 25.5. The van der Waals surface area contributed by atoms with Crippen molar-refractivity contribution in [1.82, 2.24) is 14.7 Å². The molecule has 4 aromatic rings. The number of anilines is 3. The van der Waals surface area contributed by atoms with E-state index in [1.165, 1.54) is 52.2 Å². The van der Waals surface area contributed by atoms with Gasteiger partial charge in [-0.3, -0.25) is 4.79 Å². The Morgan fingerprint density at radius 3 is 2.68 bits per heavy atom. The molecule has 10 heteroatoms. The van der Waals surface area contributed by atoms with Gasteiger partial charge in [0, 0.05) is 67.5 Å². The predicted octanol–water partition coefficient (Wildman–Crippen LogP) is 4.91. The molecule has 0 atom stereocenters. The quantitative estimate of drug-likeness (QED) is 0.219. The van der Waals surface area contributed by atoms with Crippen LogP contribution in [0.2, 0.25) is 0 Å². The van der Waals surface area contributed by atoms with Gasteiger partial charge in [-0.2, -0.15) is 4.37 Å². The molecule has 1 aliphatic heterocycles. The minimum atomic E-state index is 0.469. The Hall–Kier alpha value is -3.60. The van der Waals surface area contributed by atoms with Crippen LogP contribution in [-0.4, -0.2) is 49.1 Å². The van der Waals surface area contributed by atoms with Gasteiger partial charge in [0.25, 0.3) is 6.47 Å². The fourth-order valence-electron chi connectivity index (χ4n) is 4.48. The van der Waals surface area contributed by atoms with Gasteiger partial charge in [-0.05, 0) is 47.3 Å². The molecule has 0 saturated carbocycles. The Morgan fingerprint density at radius 1 is 1.11 bits per heavy atom. The molecule has 2 N–H and O–H groups in total. The summed E-state index contributed by atoms with van der Waals surface area (Å²) in [6.45, 7) is 5.08. The molecule has 1 fully saturated rings. The number of benzene rings is 3. The number of piperazine rings is 1. The summed E-state index contributed by atoms with van der Waals surface area (Å²) in [6, 6.07) is 23.0. The van der Waals surface area contributed by atoms with Gasteiger partial charge in [0.2, 0.25) is 5.13 Å². The van der Waals surface area contributed by atoms with Crippen LogP contribution in [0.3, 0.4) is 0 Å². The molecule has 0 unspecified atom stereocenters. The molecule has 0 radical (unpaired) electrons. The highest BCUT2D eigenvalue weighted by Gasteiger charge is 2.18. The molecule has 1 saturated heterocycles. The third kappa shape index (κ3) is 6.04. The van der Waals surface area contributed by atoms with Crippen molar-refractivity contribution in [2.45, 2.75) is 11.4 Å². The van der Waals surface area contributed by atoms with Crippen LogP contribution >= 0.6 is 23.5 Å². The van der Waals surface area contributed by atoms with Gasteiger partial charge in [0.05, 0.1) is 5.69 Å². The summed E-state index contributed by atoms with van der Waals surface area (Å²) in [6.07, 6.45) is 1.51. The number of ether oxygens (including phenoxy) is 1. The normalized spacial score (nSPS) is 13.3. The molecule has 1 aromatic heterocycles. The van der Waals surface area contributed by atoms with E-state index >= 15 is 0 Å². The second-order valence-electron chi connectivity index (χ2n) is 8.56. The number of rotatable bonds is 10. The molecule has 190 valence electrons. The van der Waals surface area contributed by atoms with Crippen LogP contribution in [0.4, 0.5) is 16.5 Å². The van der Waals surface area contributed by atoms with Crippen LogP contribution in [0.15, 0.2) is 78.0 Å². The number of hydrogen-bond acceptors (Lipinski definition) is 10. The number of carbonyl (C=O) groups excluding carboxylic acids is 1. The zero-order valence-electron chi connectivity index (χ0n) is 20.5. The zero-order valence-corrected chi connectivity index (χ0v) is 22.1. The molecule has 8 nitrogen and oxygen atoms in total. The minimum Gasteiger partial charge on any atom is -0.426 e. The molecule has 37 heavy (non-hydrogen) atoms. The average Bonchev–Trinajstić information content (AvgIpc) is 3.47. The van der Waals surface area contributed by atoms with Crippen molar-refractivity contribution in [1.29, 1.82) is 0 Å². The first-order chi connectivity index (χ1) is 18.2. The van der Waals surface area contributed by atoms with Gasteiger partial charge < -0.3 is 24.6 Å². The molecule has 3 aromatic carbocycles. The third-order valence-electron chi connectivity index (χ3n) is 6.21. The summed E-state index contributed by atoms with van der Waals surface area (Å²) in [5.41, 5.74) is 5.72.